The molecule has 0 fully saturated rings. The molecule has 0 bridgehead atoms. The van der Waals surface area contributed by atoms with Gasteiger partial charge in [-0.15, -0.1) is 0 Å². The molecule has 59 heavy (non-hydrogen) atoms. The van der Waals surface area contributed by atoms with Crippen LogP contribution in [0.25, 0.3) is 66.1 Å². The molecule has 0 unspecified atom stereocenters. The Morgan fingerprint density at radius 2 is 0.814 bits per heavy atom. The molecule has 10 heteroatoms. The molecule has 2 heterocycles. The van der Waals surface area contributed by atoms with Gasteiger partial charge in [0.15, 0.2) is 0 Å². The molecule has 8 aromatic carbocycles. The number of nitrogens with zero attached hydrogens (tertiary/aromatic N) is 4. The largest absolute Gasteiger partial charge is 0.309 e. The Kier molecular flexibility index (Phi) is 7.82. The smallest absolute Gasteiger partial charge is 0.269 e. The zero-order valence-corrected chi connectivity index (χ0v) is 34.0. The average molecular weight is 897 g/mol. The summed E-state index contributed by atoms with van der Waals surface area (Å²) < 4.78 is 6.29. The Morgan fingerprint density at radius 3 is 1.22 bits per heavy atom. The minimum absolute atomic E-state index is 0.0439. The van der Waals surface area contributed by atoms with Gasteiger partial charge >= 0.3 is 0 Å². The van der Waals surface area contributed by atoms with Gasteiger partial charge in [-0.05, 0) is 118 Å². The lowest BCUT2D eigenvalue weighted by Crippen LogP contribution is -2.28. The molecule has 0 saturated carbocycles. The number of aromatic nitrogens is 2. The summed E-state index contributed by atoms with van der Waals surface area (Å²) in [5.41, 5.74) is 11.7. The minimum Gasteiger partial charge on any atom is -0.309 e. The van der Waals surface area contributed by atoms with Gasteiger partial charge in [0.2, 0.25) is 0 Å². The summed E-state index contributed by atoms with van der Waals surface area (Å²) >= 11 is 7.70. The Balaban J connectivity index is 1.22. The number of rotatable bonds is 6. The van der Waals surface area contributed by atoms with Crippen molar-refractivity contribution in [2.75, 3.05) is 0 Å². The molecule has 0 N–H and O–H groups in total. The SMILES string of the molecule is O=[N+]([O-])c1ccc(-n2c3ccccc3c3cc(C4(c5ccc6c(c5)c5ccccc5n6-c5ccc([N+](=O)[O-])cc5)c5cc(Br)ccc5-c5ccc(Br)cc54)ccc32)cc1. The lowest BCUT2D eigenvalue weighted by Gasteiger charge is -2.34. The van der Waals surface area contributed by atoms with E-state index in [2.05, 4.69) is 138 Å². The summed E-state index contributed by atoms with van der Waals surface area (Å²) in [5.74, 6) is 0. The maximum atomic E-state index is 11.6. The normalized spacial score (nSPS) is 13.0. The van der Waals surface area contributed by atoms with E-state index < -0.39 is 5.41 Å². The number of nitro benzene ring substituents is 2. The number of hydrogen-bond acceptors (Lipinski definition) is 4. The maximum Gasteiger partial charge on any atom is 0.269 e. The molecule has 8 nitrogen and oxygen atoms in total. The predicted octanol–water partition coefficient (Wildman–Crippen LogP) is 13.6. The number of halogens is 2. The standard InChI is InChI=1S/C49H28Br2N4O4/c50-31-11-21-37-38-22-12-32(51)28-44(38)49(43(37)27-31,29-9-23-47-41(25-29)39-5-1-3-7-45(39)52(47)33-13-17-35(18-14-33)54(56)57)30-10-24-48-42(26-30)40-6-2-4-8-46(40)53(48)34-15-19-36(20-16-34)55(58)59/h1-28H. The van der Waals surface area contributed by atoms with E-state index in [4.69, 9.17) is 0 Å². The van der Waals surface area contributed by atoms with Gasteiger partial charge in [-0.25, -0.2) is 0 Å². The zero-order chi connectivity index (χ0) is 40.2. The van der Waals surface area contributed by atoms with Gasteiger partial charge in [-0.2, -0.15) is 0 Å². The molecule has 2 aromatic heterocycles. The van der Waals surface area contributed by atoms with E-state index in [9.17, 15) is 20.2 Å². The molecule has 0 amide bonds. The molecular weight excluding hydrogens is 868 g/mol. The highest BCUT2D eigenvalue weighted by Crippen LogP contribution is 2.58. The topological polar surface area (TPSA) is 96.1 Å². The summed E-state index contributed by atoms with van der Waals surface area (Å²) in [4.78, 5) is 22.4. The van der Waals surface area contributed by atoms with E-state index in [1.807, 2.05) is 24.3 Å². The van der Waals surface area contributed by atoms with Crippen LogP contribution in [0.2, 0.25) is 0 Å². The third kappa shape index (κ3) is 5.13. The van der Waals surface area contributed by atoms with E-state index in [1.165, 1.54) is 0 Å². The van der Waals surface area contributed by atoms with Crippen LogP contribution in [-0.2, 0) is 5.41 Å². The van der Waals surface area contributed by atoms with Crippen molar-refractivity contribution in [2.24, 2.45) is 0 Å². The number of benzene rings is 8. The molecule has 1 aliphatic rings. The Hall–Kier alpha value is -6.88. The molecule has 1 aliphatic carbocycles. The third-order valence-electron chi connectivity index (χ3n) is 11.9. The molecular formula is C49H28Br2N4O4. The van der Waals surface area contributed by atoms with Crippen molar-refractivity contribution in [1.29, 1.82) is 0 Å². The fourth-order valence-corrected chi connectivity index (χ4v) is 10.2. The highest BCUT2D eigenvalue weighted by molar-refractivity contribution is 9.10. The van der Waals surface area contributed by atoms with Crippen LogP contribution in [0.4, 0.5) is 11.4 Å². The van der Waals surface area contributed by atoms with E-state index in [0.717, 1.165) is 97.3 Å². The number of nitro groups is 2. The van der Waals surface area contributed by atoms with E-state index >= 15 is 0 Å². The first-order valence-corrected chi connectivity index (χ1v) is 20.5. The van der Waals surface area contributed by atoms with Crippen molar-refractivity contribution in [1.82, 2.24) is 9.13 Å². The van der Waals surface area contributed by atoms with Crippen LogP contribution in [0, 0.1) is 20.2 Å². The lowest BCUT2D eigenvalue weighted by atomic mass is 9.67. The van der Waals surface area contributed by atoms with Gasteiger partial charge in [0.1, 0.15) is 0 Å². The molecule has 0 radical (unpaired) electrons. The maximum absolute atomic E-state index is 11.6. The quantitative estimate of drug-likeness (QED) is 0.123. The second kappa shape index (κ2) is 13.1. The molecule has 0 saturated heterocycles. The summed E-state index contributed by atoms with van der Waals surface area (Å²) in [6, 6.07) is 56.6. The second-order valence-electron chi connectivity index (χ2n) is 14.8. The van der Waals surface area contributed by atoms with Crippen LogP contribution < -0.4 is 0 Å². The predicted molar refractivity (Wildman–Crippen MR) is 241 cm³/mol. The molecule has 0 spiro atoms. The highest BCUT2D eigenvalue weighted by atomic mass is 79.9. The van der Waals surface area contributed by atoms with E-state index in [-0.39, 0.29) is 21.2 Å². The van der Waals surface area contributed by atoms with Gasteiger partial charge in [0.05, 0.1) is 37.3 Å². The average Bonchev–Trinajstić information content (AvgIpc) is 3.87. The van der Waals surface area contributed by atoms with E-state index in [0.29, 0.717) is 0 Å². The highest BCUT2D eigenvalue weighted by Gasteiger charge is 2.47. The first kappa shape index (κ1) is 35.3. The van der Waals surface area contributed by atoms with Gasteiger partial charge in [-0.3, -0.25) is 20.2 Å². The van der Waals surface area contributed by atoms with Crippen LogP contribution >= 0.6 is 31.9 Å². The summed E-state index contributed by atoms with van der Waals surface area (Å²) in [7, 11) is 0. The molecule has 282 valence electrons. The monoisotopic (exact) mass is 894 g/mol. The van der Waals surface area contributed by atoms with Gasteiger partial charge in [-0.1, -0.05) is 92.5 Å². The van der Waals surface area contributed by atoms with Crippen molar-refractivity contribution >= 4 is 86.8 Å². The van der Waals surface area contributed by atoms with Gasteiger partial charge in [0.25, 0.3) is 11.4 Å². The fraction of sp³-hybridized carbons (Fsp3) is 0.0204. The molecule has 0 atom stereocenters. The van der Waals surface area contributed by atoms with Crippen LogP contribution in [0.3, 0.4) is 0 Å². The summed E-state index contributed by atoms with van der Waals surface area (Å²) in [5, 5.41) is 27.4. The molecule has 11 rings (SSSR count). The fourth-order valence-electron chi connectivity index (χ4n) is 9.47. The Bertz CT molecular complexity index is 3200. The van der Waals surface area contributed by atoms with Crippen LogP contribution in [0.5, 0.6) is 0 Å². The van der Waals surface area contributed by atoms with Crippen LogP contribution in [0.1, 0.15) is 22.3 Å². The van der Waals surface area contributed by atoms with E-state index in [1.54, 1.807) is 48.5 Å². The zero-order valence-electron chi connectivity index (χ0n) is 30.8. The van der Waals surface area contributed by atoms with Crippen molar-refractivity contribution in [3.8, 4) is 22.5 Å². The first-order chi connectivity index (χ1) is 28.7. The number of fused-ring (bicyclic) bond motifs is 9. The van der Waals surface area contributed by atoms with Crippen molar-refractivity contribution in [2.45, 2.75) is 5.41 Å². The second-order valence-corrected chi connectivity index (χ2v) is 16.7. The Labute approximate surface area is 353 Å². The van der Waals surface area contributed by atoms with Gasteiger partial charge < -0.3 is 9.13 Å². The third-order valence-corrected chi connectivity index (χ3v) is 12.9. The number of non-ortho nitro benzene ring substituents is 2. The molecule has 0 aliphatic heterocycles. The van der Waals surface area contributed by atoms with Crippen molar-refractivity contribution in [3.63, 3.8) is 0 Å². The van der Waals surface area contributed by atoms with Crippen LogP contribution in [0.15, 0.2) is 179 Å². The first-order valence-electron chi connectivity index (χ1n) is 18.9. The minimum atomic E-state index is -0.770. The number of hydrogen-bond donors (Lipinski definition) is 0. The Morgan fingerprint density at radius 1 is 0.424 bits per heavy atom. The van der Waals surface area contributed by atoms with Crippen molar-refractivity contribution in [3.05, 3.63) is 221 Å². The van der Waals surface area contributed by atoms with Crippen molar-refractivity contribution < 1.29 is 9.85 Å². The summed E-state index contributed by atoms with van der Waals surface area (Å²) in [6.07, 6.45) is 0. The van der Waals surface area contributed by atoms with Crippen LogP contribution in [-0.4, -0.2) is 19.0 Å². The summed E-state index contributed by atoms with van der Waals surface area (Å²) in [6.45, 7) is 0. The molecule has 10 aromatic rings. The van der Waals surface area contributed by atoms with Gasteiger partial charge in [0, 0.05) is 66.1 Å². The lowest BCUT2D eigenvalue weighted by molar-refractivity contribution is -0.385. The number of para-hydroxylation sites is 2.